The van der Waals surface area contributed by atoms with Crippen LogP contribution in [0.15, 0.2) is 59.7 Å². The van der Waals surface area contributed by atoms with E-state index in [-0.39, 0.29) is 29.8 Å². The van der Waals surface area contributed by atoms with E-state index in [0.717, 1.165) is 11.1 Å². The van der Waals surface area contributed by atoms with Crippen LogP contribution in [-0.4, -0.2) is 101 Å². The van der Waals surface area contributed by atoms with Gasteiger partial charge in [-0.1, -0.05) is 68.2 Å². The molecule has 0 spiro atoms. The molecule has 13 heteroatoms. The van der Waals surface area contributed by atoms with Crippen LogP contribution in [0.3, 0.4) is 0 Å². The van der Waals surface area contributed by atoms with Gasteiger partial charge in [0.25, 0.3) is 0 Å². The van der Waals surface area contributed by atoms with Crippen molar-refractivity contribution in [2.24, 2.45) is 4.99 Å². The molecular weight excluding hydrogens is 661 g/mol. The molecule has 2 aliphatic heterocycles. The number of halogens is 3. The van der Waals surface area contributed by atoms with E-state index in [1.165, 1.54) is 0 Å². The first-order chi connectivity index (χ1) is 21.9. The summed E-state index contributed by atoms with van der Waals surface area (Å²) in [7, 11) is 3.50. The summed E-state index contributed by atoms with van der Waals surface area (Å²) < 4.78 is 6.08. The minimum Gasteiger partial charge on any atom is -0.477 e. The maximum Gasteiger partial charge on any atom is 0.326 e. The molecule has 3 aromatic rings. The van der Waals surface area contributed by atoms with E-state index in [9.17, 15) is 9.59 Å². The summed E-state index contributed by atoms with van der Waals surface area (Å²) in [6.45, 7) is 10.8. The molecule has 1 fully saturated rings. The average molecular weight is 703 g/mol. The van der Waals surface area contributed by atoms with Gasteiger partial charge in [-0.2, -0.15) is 4.98 Å². The third kappa shape index (κ3) is 8.17. The Hall–Kier alpha value is -3.44. The molecule has 0 N–H and O–H groups in total. The van der Waals surface area contributed by atoms with Crippen molar-refractivity contribution in [1.29, 1.82) is 0 Å². The number of carbonyl (C=O) groups is 2. The van der Waals surface area contributed by atoms with Crippen LogP contribution < -0.4 is 4.74 Å². The number of rotatable bonds is 7. The van der Waals surface area contributed by atoms with Crippen molar-refractivity contribution >= 4 is 53.4 Å². The number of hydrogen-bond donors (Lipinski definition) is 0. The van der Waals surface area contributed by atoms with Crippen LogP contribution in [0.5, 0.6) is 5.88 Å². The smallest absolute Gasteiger partial charge is 0.326 e. The summed E-state index contributed by atoms with van der Waals surface area (Å²) in [5, 5.41) is 1.20. The molecule has 0 saturated carbocycles. The summed E-state index contributed by atoms with van der Waals surface area (Å²) in [4.78, 5) is 49.1. The van der Waals surface area contributed by atoms with Gasteiger partial charge in [-0.3, -0.25) is 19.6 Å². The number of ether oxygens (including phenoxy) is 1. The molecule has 2 aromatic carbocycles. The normalized spacial score (nSPS) is 18.4. The van der Waals surface area contributed by atoms with Gasteiger partial charge < -0.3 is 14.5 Å². The number of benzene rings is 2. The summed E-state index contributed by atoms with van der Waals surface area (Å²) in [6.07, 6.45) is 1.71. The number of nitrogens with zero attached hydrogens (tertiary/aromatic N) is 7. The molecule has 2 atom stereocenters. The Balaban J connectivity index is 0.00000500. The summed E-state index contributed by atoms with van der Waals surface area (Å²) in [5.74, 6) is 1.46. The number of aliphatic imine (C=N–C) groups is 1. The number of aromatic nitrogens is 2. The lowest BCUT2D eigenvalue weighted by molar-refractivity contribution is -0.130. The highest BCUT2D eigenvalue weighted by molar-refractivity contribution is 6.30. The molecule has 10 nitrogen and oxygen atoms in total. The Bertz CT molecular complexity index is 1590. The molecule has 1 saturated heterocycles. The Kier molecular flexibility index (Phi) is 11.8. The molecule has 0 unspecified atom stereocenters. The van der Waals surface area contributed by atoms with Crippen molar-refractivity contribution in [1.82, 2.24) is 29.6 Å². The first kappa shape index (κ1) is 36.4. The van der Waals surface area contributed by atoms with E-state index in [2.05, 4.69) is 4.90 Å². The van der Waals surface area contributed by atoms with Crippen molar-refractivity contribution in [2.75, 3.05) is 53.4 Å². The zero-order valence-electron chi connectivity index (χ0n) is 27.6. The van der Waals surface area contributed by atoms with Crippen molar-refractivity contribution in [2.45, 2.75) is 45.2 Å². The highest BCUT2D eigenvalue weighted by atomic mass is 35.5. The molecule has 1 aromatic heterocycles. The van der Waals surface area contributed by atoms with Crippen molar-refractivity contribution in [3.63, 3.8) is 0 Å². The zero-order chi connectivity index (χ0) is 33.2. The van der Waals surface area contributed by atoms with Gasteiger partial charge in [-0.25, -0.2) is 9.78 Å². The quantitative estimate of drug-likeness (QED) is 0.288. The number of urea groups is 1. The van der Waals surface area contributed by atoms with Crippen molar-refractivity contribution < 1.29 is 14.3 Å². The topological polar surface area (TPSA) is 94.5 Å². The first-order valence-corrected chi connectivity index (χ1v) is 16.2. The van der Waals surface area contributed by atoms with Gasteiger partial charge in [-0.05, 0) is 42.3 Å². The first-order valence-electron chi connectivity index (χ1n) is 15.5. The van der Waals surface area contributed by atoms with E-state index in [0.29, 0.717) is 72.5 Å². The van der Waals surface area contributed by atoms with Gasteiger partial charge in [0.1, 0.15) is 17.7 Å². The fourth-order valence-electron chi connectivity index (χ4n) is 5.56. The van der Waals surface area contributed by atoms with E-state index < -0.39 is 12.1 Å². The van der Waals surface area contributed by atoms with Crippen LogP contribution in [0.4, 0.5) is 4.79 Å². The maximum atomic E-state index is 14.7. The Labute approximate surface area is 293 Å². The molecule has 0 aliphatic carbocycles. The molecule has 5 rings (SSSR count). The van der Waals surface area contributed by atoms with E-state index in [1.807, 2.05) is 81.1 Å². The summed E-state index contributed by atoms with van der Waals surface area (Å²) in [5.41, 5.74) is 1.99. The minimum absolute atomic E-state index is 0. The third-order valence-electron chi connectivity index (χ3n) is 8.14. The van der Waals surface area contributed by atoms with E-state index >= 15 is 0 Å². The molecule has 3 amide bonds. The SMILES string of the molecule is CCOc1nc(C(C)(C)C)ncc1C1=N[C@@H](c2ccc(Cl)cc2)[C@@H](c2ccc(Cl)cc2)N1C(=O)N1CCN(CC(=O)N(C)C)CC1.Cl. The highest BCUT2D eigenvalue weighted by Gasteiger charge is 2.45. The summed E-state index contributed by atoms with van der Waals surface area (Å²) >= 11 is 12.6. The van der Waals surface area contributed by atoms with Crippen LogP contribution >= 0.6 is 35.6 Å². The van der Waals surface area contributed by atoms with Crippen LogP contribution in [0.25, 0.3) is 0 Å². The van der Waals surface area contributed by atoms with Crippen LogP contribution in [0.1, 0.15) is 62.3 Å². The van der Waals surface area contributed by atoms with Crippen LogP contribution in [0, 0.1) is 0 Å². The number of piperazine rings is 1. The predicted octanol–water partition coefficient (Wildman–Crippen LogP) is 6.27. The molecule has 0 radical (unpaired) electrons. The standard InChI is InChI=1S/C34H41Cl2N7O3.ClH/c1-7-46-31-26(20-37-32(39-31)34(2,3)4)30-38-28(22-8-12-24(35)13-9-22)29(23-10-14-25(36)15-11-23)43(30)33(45)42-18-16-41(17-19-42)21-27(44)40(5)6;/h8-15,20,28-29H,7,16-19,21H2,1-6H3;1H/t28-,29+;/m0./s1. The molecule has 2 aliphatic rings. The number of carbonyl (C=O) groups excluding carboxylic acids is 2. The number of amides is 3. The second kappa shape index (κ2) is 15.2. The predicted molar refractivity (Wildman–Crippen MR) is 188 cm³/mol. The third-order valence-corrected chi connectivity index (χ3v) is 8.65. The largest absolute Gasteiger partial charge is 0.477 e. The van der Waals surface area contributed by atoms with Crippen molar-refractivity contribution in [3.05, 3.63) is 87.3 Å². The second-order valence-corrected chi connectivity index (χ2v) is 13.6. The summed E-state index contributed by atoms with van der Waals surface area (Å²) in [6, 6.07) is 13.9. The number of hydrogen-bond acceptors (Lipinski definition) is 7. The van der Waals surface area contributed by atoms with Gasteiger partial charge in [0.2, 0.25) is 11.8 Å². The Morgan fingerprint density at radius 2 is 1.51 bits per heavy atom. The highest BCUT2D eigenvalue weighted by Crippen LogP contribution is 2.45. The molecule has 252 valence electrons. The van der Waals surface area contributed by atoms with Gasteiger partial charge in [-0.15, -0.1) is 12.4 Å². The van der Waals surface area contributed by atoms with Gasteiger partial charge in [0, 0.05) is 61.9 Å². The fourth-order valence-corrected chi connectivity index (χ4v) is 5.82. The zero-order valence-corrected chi connectivity index (χ0v) is 29.9. The van der Waals surface area contributed by atoms with Gasteiger partial charge in [0.05, 0.1) is 24.8 Å². The molecule has 47 heavy (non-hydrogen) atoms. The lowest BCUT2D eigenvalue weighted by Gasteiger charge is -2.39. The van der Waals surface area contributed by atoms with E-state index in [4.69, 9.17) is 42.9 Å². The number of amidine groups is 1. The maximum absolute atomic E-state index is 14.7. The van der Waals surface area contributed by atoms with Crippen LogP contribution in [0.2, 0.25) is 10.0 Å². The second-order valence-electron chi connectivity index (χ2n) is 12.7. The molecule has 0 bridgehead atoms. The van der Waals surface area contributed by atoms with E-state index in [1.54, 1.807) is 30.1 Å². The lowest BCUT2D eigenvalue weighted by atomic mass is 9.93. The minimum atomic E-state index is -0.508. The molecular formula is C34H42Cl3N7O3. The van der Waals surface area contributed by atoms with Gasteiger partial charge in [0.15, 0.2) is 0 Å². The molecule has 3 heterocycles. The number of likely N-dealkylation sites (N-methyl/N-ethyl adjacent to an activating group) is 1. The average Bonchev–Trinajstić information content (AvgIpc) is 3.41. The lowest BCUT2D eigenvalue weighted by Crippen LogP contribution is -2.55. The Morgan fingerprint density at radius 3 is 2.04 bits per heavy atom. The van der Waals surface area contributed by atoms with Gasteiger partial charge >= 0.3 is 6.03 Å². The Morgan fingerprint density at radius 1 is 0.936 bits per heavy atom. The van der Waals surface area contributed by atoms with Crippen LogP contribution in [-0.2, 0) is 10.2 Å². The monoisotopic (exact) mass is 701 g/mol. The fraction of sp³-hybridized carbons (Fsp3) is 0.441. The van der Waals surface area contributed by atoms with Crippen molar-refractivity contribution in [3.8, 4) is 5.88 Å².